The Balaban J connectivity index is 2.10. The van der Waals surface area contributed by atoms with Crippen molar-refractivity contribution in [1.82, 2.24) is 0 Å². The van der Waals surface area contributed by atoms with Gasteiger partial charge in [0.25, 0.3) is 0 Å². The Hall–Kier alpha value is -0.550. The summed E-state index contributed by atoms with van der Waals surface area (Å²) in [7, 11) is 0. The van der Waals surface area contributed by atoms with Crippen LogP contribution in [0.4, 0.5) is 0 Å². The topological polar surface area (TPSA) is 44.0 Å². The Morgan fingerprint density at radius 1 is 1.33 bits per heavy atom. The van der Waals surface area contributed by atoms with E-state index in [2.05, 4.69) is 6.07 Å². The summed E-state index contributed by atoms with van der Waals surface area (Å²) in [6, 6.07) is 2.35. The van der Waals surface area contributed by atoms with Crippen LogP contribution in [0.2, 0.25) is 0 Å². The molecule has 2 aliphatic rings. The summed E-state index contributed by atoms with van der Waals surface area (Å²) >= 11 is 0. The first-order valence-electron chi connectivity index (χ1n) is 4.88. The maximum Gasteiger partial charge on any atom is 0.0835 e. The molecule has 0 heterocycles. The highest BCUT2D eigenvalue weighted by Crippen LogP contribution is 2.48. The second-order valence-electron chi connectivity index (χ2n) is 4.26. The predicted octanol–water partition coefficient (Wildman–Crippen LogP) is 1.84. The minimum absolute atomic E-state index is 0.329. The molecule has 2 fully saturated rings. The smallest absolute Gasteiger partial charge is 0.0835 e. The van der Waals surface area contributed by atoms with E-state index in [0.717, 1.165) is 38.5 Å². The lowest BCUT2D eigenvalue weighted by Gasteiger charge is -2.26. The maximum atomic E-state index is 9.92. The fourth-order valence-corrected chi connectivity index (χ4v) is 2.34. The van der Waals surface area contributed by atoms with Crippen LogP contribution in [-0.4, -0.2) is 11.2 Å². The molecule has 2 nitrogen and oxygen atoms in total. The lowest BCUT2D eigenvalue weighted by atomic mass is 9.80. The van der Waals surface area contributed by atoms with E-state index in [4.69, 9.17) is 5.26 Å². The number of nitriles is 1. The SMILES string of the molecule is N#CC1(C(O)C2CC2)CCCC1. The van der Waals surface area contributed by atoms with Gasteiger partial charge in [0.15, 0.2) is 0 Å². The molecule has 0 saturated heterocycles. The molecule has 0 spiro atoms. The lowest BCUT2D eigenvalue weighted by molar-refractivity contribution is 0.0484. The molecule has 2 rings (SSSR count). The zero-order valence-corrected chi connectivity index (χ0v) is 7.29. The summed E-state index contributed by atoms with van der Waals surface area (Å²) < 4.78 is 0. The highest BCUT2D eigenvalue weighted by molar-refractivity contribution is 5.09. The van der Waals surface area contributed by atoms with Gasteiger partial charge in [-0.3, -0.25) is 0 Å². The van der Waals surface area contributed by atoms with Crippen LogP contribution >= 0.6 is 0 Å². The first-order valence-corrected chi connectivity index (χ1v) is 4.88. The fraction of sp³-hybridized carbons (Fsp3) is 0.900. The van der Waals surface area contributed by atoms with E-state index < -0.39 is 0 Å². The fourth-order valence-electron chi connectivity index (χ4n) is 2.34. The van der Waals surface area contributed by atoms with Crippen LogP contribution in [0.15, 0.2) is 0 Å². The van der Waals surface area contributed by atoms with Crippen LogP contribution < -0.4 is 0 Å². The Kier molecular flexibility index (Phi) is 1.84. The highest BCUT2D eigenvalue weighted by Gasteiger charge is 2.47. The Morgan fingerprint density at radius 3 is 2.33 bits per heavy atom. The summed E-state index contributed by atoms with van der Waals surface area (Å²) in [6.07, 6.45) is 6.01. The van der Waals surface area contributed by atoms with E-state index >= 15 is 0 Å². The van der Waals surface area contributed by atoms with Crippen LogP contribution in [0.3, 0.4) is 0 Å². The van der Waals surface area contributed by atoms with Crippen molar-refractivity contribution >= 4 is 0 Å². The van der Waals surface area contributed by atoms with Crippen molar-refractivity contribution in [3.63, 3.8) is 0 Å². The van der Waals surface area contributed by atoms with E-state index in [1.165, 1.54) is 0 Å². The Morgan fingerprint density at radius 2 is 1.92 bits per heavy atom. The summed E-state index contributed by atoms with van der Waals surface area (Å²) in [6.45, 7) is 0. The zero-order valence-electron chi connectivity index (χ0n) is 7.29. The van der Waals surface area contributed by atoms with Crippen molar-refractivity contribution in [3.05, 3.63) is 0 Å². The van der Waals surface area contributed by atoms with Crippen molar-refractivity contribution in [2.45, 2.75) is 44.6 Å². The van der Waals surface area contributed by atoms with Gasteiger partial charge in [0.1, 0.15) is 0 Å². The first-order chi connectivity index (χ1) is 5.78. The van der Waals surface area contributed by atoms with Crippen LogP contribution in [0.25, 0.3) is 0 Å². The third-order valence-electron chi connectivity index (χ3n) is 3.35. The molecule has 0 aromatic rings. The molecule has 1 N–H and O–H groups in total. The lowest BCUT2D eigenvalue weighted by Crippen LogP contribution is -2.32. The number of aliphatic hydroxyl groups excluding tert-OH is 1. The molecule has 2 aliphatic carbocycles. The third-order valence-corrected chi connectivity index (χ3v) is 3.35. The molecule has 66 valence electrons. The van der Waals surface area contributed by atoms with Gasteiger partial charge in [-0.2, -0.15) is 5.26 Å². The van der Waals surface area contributed by atoms with Crippen LogP contribution in [0.5, 0.6) is 0 Å². The van der Waals surface area contributed by atoms with Gasteiger partial charge in [-0.1, -0.05) is 12.8 Å². The molecule has 1 atom stereocenters. The summed E-state index contributed by atoms with van der Waals surface area (Å²) in [4.78, 5) is 0. The van der Waals surface area contributed by atoms with Gasteiger partial charge in [-0.05, 0) is 31.6 Å². The normalized spacial score (nSPS) is 29.7. The van der Waals surface area contributed by atoms with Gasteiger partial charge < -0.3 is 5.11 Å². The zero-order chi connectivity index (χ0) is 8.60. The van der Waals surface area contributed by atoms with Crippen LogP contribution in [0, 0.1) is 22.7 Å². The van der Waals surface area contributed by atoms with Crippen molar-refractivity contribution in [3.8, 4) is 6.07 Å². The number of nitrogens with zero attached hydrogens (tertiary/aromatic N) is 1. The molecule has 2 heteroatoms. The van der Waals surface area contributed by atoms with Gasteiger partial charge in [0.2, 0.25) is 0 Å². The van der Waals surface area contributed by atoms with Crippen LogP contribution in [-0.2, 0) is 0 Å². The standard InChI is InChI=1S/C10H15NO/c11-7-10(5-1-2-6-10)9(12)8-3-4-8/h8-9,12H,1-6H2. The molecule has 1 unspecified atom stereocenters. The van der Waals surface area contributed by atoms with Crippen molar-refractivity contribution < 1.29 is 5.11 Å². The average Bonchev–Trinajstić information content (AvgIpc) is 2.83. The van der Waals surface area contributed by atoms with E-state index in [9.17, 15) is 5.11 Å². The van der Waals surface area contributed by atoms with Gasteiger partial charge in [0, 0.05) is 0 Å². The van der Waals surface area contributed by atoms with Crippen molar-refractivity contribution in [2.24, 2.45) is 11.3 Å². The van der Waals surface area contributed by atoms with E-state index in [0.29, 0.717) is 5.92 Å². The molecule has 0 aromatic heterocycles. The summed E-state index contributed by atoms with van der Waals surface area (Å²) in [5.74, 6) is 0.447. The molecule has 0 aromatic carbocycles. The number of rotatable bonds is 2. The predicted molar refractivity (Wildman–Crippen MR) is 45.2 cm³/mol. The highest BCUT2D eigenvalue weighted by atomic mass is 16.3. The molecule has 2 saturated carbocycles. The molecule has 0 amide bonds. The number of aliphatic hydroxyl groups is 1. The Labute approximate surface area is 73.2 Å². The van der Waals surface area contributed by atoms with Crippen molar-refractivity contribution in [1.29, 1.82) is 5.26 Å². The molecule has 0 aliphatic heterocycles. The van der Waals surface area contributed by atoms with Gasteiger partial charge in [-0.25, -0.2) is 0 Å². The molecular weight excluding hydrogens is 150 g/mol. The average molecular weight is 165 g/mol. The summed E-state index contributed by atoms with van der Waals surface area (Å²) in [5, 5.41) is 19.0. The quantitative estimate of drug-likeness (QED) is 0.678. The molecule has 0 bridgehead atoms. The monoisotopic (exact) mass is 165 g/mol. The largest absolute Gasteiger partial charge is 0.391 e. The second kappa shape index (κ2) is 2.74. The van der Waals surface area contributed by atoms with Crippen LogP contribution in [0.1, 0.15) is 38.5 Å². The van der Waals surface area contributed by atoms with Gasteiger partial charge in [-0.15, -0.1) is 0 Å². The number of hydrogen-bond donors (Lipinski definition) is 1. The second-order valence-corrected chi connectivity index (χ2v) is 4.26. The van der Waals surface area contributed by atoms with E-state index in [-0.39, 0.29) is 11.5 Å². The third kappa shape index (κ3) is 1.13. The minimum Gasteiger partial charge on any atom is -0.391 e. The number of hydrogen-bond acceptors (Lipinski definition) is 2. The van der Waals surface area contributed by atoms with Crippen molar-refractivity contribution in [2.75, 3.05) is 0 Å². The van der Waals surface area contributed by atoms with Gasteiger partial charge in [0.05, 0.1) is 17.6 Å². The molecule has 0 radical (unpaired) electrons. The molecular formula is C10H15NO. The first kappa shape index (κ1) is 8.07. The van der Waals surface area contributed by atoms with Gasteiger partial charge >= 0.3 is 0 Å². The minimum atomic E-state index is -0.360. The maximum absolute atomic E-state index is 9.92. The Bertz CT molecular complexity index is 208. The molecule has 12 heavy (non-hydrogen) atoms. The van der Waals surface area contributed by atoms with E-state index in [1.54, 1.807) is 0 Å². The van der Waals surface area contributed by atoms with E-state index in [1.807, 2.05) is 0 Å². The summed E-state index contributed by atoms with van der Waals surface area (Å²) in [5.41, 5.74) is -0.360.